The lowest BCUT2D eigenvalue weighted by Gasteiger charge is -2.27. The molecular formula is C38H60F6N8O10S. The molecule has 1 rings (SSSR count). The normalized spacial score (nSPS) is 14.0. The standard InChI is InChI=1S/C34H58N8O6S.2C2HF3O2/c1-6-22(4)29(42-33(47)27(19-23-12-8-7-9-13-23)41-31(45)24(36)14-10-11-16-35)34(48)38-20-28(43)39-26(18-21(2)3)32(46)40-25(30(37)44)15-17-49-5;2*3-2(4,5)1(6)7/h7-9,12-13,21-22,24-27,29H,6,10-11,14-20,35-36H2,1-5H3,(H2,37,44)(H,38,48)(H,39,43)(H,40,46)(H,41,45)(H,42,47);2*(H,6,7)/t22-,24-,25-,26-,27-,29-;;/m0../s1. The number of nitrogens with two attached hydrogens (primary N) is 3. The molecule has 0 radical (unpaired) electrons. The second-order valence-corrected chi connectivity index (χ2v) is 15.3. The van der Waals surface area contributed by atoms with E-state index in [0.717, 1.165) is 12.0 Å². The number of carboxylic acid groups (broad SMARTS) is 2. The number of carbonyl (C=O) groups is 8. The number of carbonyl (C=O) groups excluding carboxylic acids is 6. The largest absolute Gasteiger partial charge is 0.490 e. The van der Waals surface area contributed by atoms with Gasteiger partial charge in [-0.3, -0.25) is 28.8 Å². The molecule has 13 N–H and O–H groups in total. The summed E-state index contributed by atoms with van der Waals surface area (Å²) in [7, 11) is 0. The Morgan fingerprint density at radius 3 is 1.68 bits per heavy atom. The number of rotatable bonds is 24. The molecule has 0 saturated heterocycles. The third kappa shape index (κ3) is 27.5. The Kier molecular flexibility index (Phi) is 29.3. The van der Waals surface area contributed by atoms with Gasteiger partial charge in [-0.2, -0.15) is 38.1 Å². The number of carboxylic acids is 2. The van der Waals surface area contributed by atoms with Gasteiger partial charge in [0.2, 0.25) is 35.4 Å². The number of aliphatic carboxylic acids is 2. The minimum Gasteiger partial charge on any atom is -0.475 e. The van der Waals surface area contributed by atoms with Crippen LogP contribution in [0.15, 0.2) is 30.3 Å². The summed E-state index contributed by atoms with van der Waals surface area (Å²) in [6.45, 7) is 7.44. The van der Waals surface area contributed by atoms with Crippen LogP contribution in [0.25, 0.3) is 0 Å². The molecule has 360 valence electrons. The first-order valence-electron chi connectivity index (χ1n) is 19.5. The van der Waals surface area contributed by atoms with Gasteiger partial charge in [0.05, 0.1) is 12.6 Å². The van der Waals surface area contributed by atoms with E-state index in [1.165, 1.54) is 11.8 Å². The van der Waals surface area contributed by atoms with Gasteiger partial charge in [-0.1, -0.05) is 70.9 Å². The SMILES string of the molecule is CC[C@H](C)[C@H](NC(=O)[C@H](Cc1ccccc1)NC(=O)[C@@H](N)CCCCN)C(=O)NCC(=O)N[C@@H](CC(C)C)C(=O)N[C@@H](CCSC)C(N)=O.O=C(O)C(F)(F)F.O=C(O)C(F)(F)F. The molecule has 18 nitrogen and oxygen atoms in total. The Balaban J connectivity index is 0. The number of benzene rings is 1. The zero-order valence-corrected chi connectivity index (χ0v) is 36.4. The lowest BCUT2D eigenvalue weighted by molar-refractivity contribution is -0.193. The smallest absolute Gasteiger partial charge is 0.475 e. The second kappa shape index (κ2) is 30.8. The van der Waals surface area contributed by atoms with Crippen molar-refractivity contribution in [1.29, 1.82) is 0 Å². The maximum absolute atomic E-state index is 13.6. The van der Waals surface area contributed by atoms with Crippen molar-refractivity contribution >= 4 is 59.1 Å². The Bertz CT molecular complexity index is 1590. The van der Waals surface area contributed by atoms with Crippen molar-refractivity contribution in [3.8, 4) is 0 Å². The van der Waals surface area contributed by atoms with Crippen LogP contribution in [-0.4, -0.2) is 125 Å². The molecule has 0 aliphatic carbocycles. The monoisotopic (exact) mass is 934 g/mol. The highest BCUT2D eigenvalue weighted by atomic mass is 32.2. The summed E-state index contributed by atoms with van der Waals surface area (Å²) in [4.78, 5) is 95.7. The van der Waals surface area contributed by atoms with E-state index in [1.807, 2.05) is 57.4 Å². The van der Waals surface area contributed by atoms with Crippen LogP contribution in [0.5, 0.6) is 0 Å². The molecule has 1 aromatic rings. The zero-order chi connectivity index (χ0) is 49.1. The molecule has 0 spiro atoms. The zero-order valence-electron chi connectivity index (χ0n) is 35.6. The van der Waals surface area contributed by atoms with Crippen molar-refractivity contribution in [3.63, 3.8) is 0 Å². The molecule has 0 aromatic heterocycles. The number of halogens is 6. The molecule has 0 saturated carbocycles. The van der Waals surface area contributed by atoms with Crippen LogP contribution in [0.1, 0.15) is 71.8 Å². The summed E-state index contributed by atoms with van der Waals surface area (Å²) < 4.78 is 63.5. The number of unbranched alkanes of at least 4 members (excludes halogenated alkanes) is 1. The van der Waals surface area contributed by atoms with Gasteiger partial charge < -0.3 is 54.0 Å². The number of nitrogens with one attached hydrogen (secondary N) is 5. The van der Waals surface area contributed by atoms with E-state index in [4.69, 9.17) is 37.0 Å². The average molecular weight is 935 g/mol. The van der Waals surface area contributed by atoms with Crippen molar-refractivity contribution < 1.29 is 74.9 Å². The van der Waals surface area contributed by atoms with Crippen LogP contribution in [0.4, 0.5) is 26.3 Å². The van der Waals surface area contributed by atoms with Crippen LogP contribution in [-0.2, 0) is 44.8 Å². The van der Waals surface area contributed by atoms with Crippen molar-refractivity contribution in [2.75, 3.05) is 25.1 Å². The molecule has 6 amide bonds. The number of amides is 6. The number of primary amides is 1. The van der Waals surface area contributed by atoms with E-state index < -0.39 is 96.5 Å². The maximum atomic E-state index is 13.6. The maximum Gasteiger partial charge on any atom is 0.490 e. The van der Waals surface area contributed by atoms with Gasteiger partial charge in [-0.15, -0.1) is 0 Å². The summed E-state index contributed by atoms with van der Waals surface area (Å²) >= 11 is 1.51. The van der Waals surface area contributed by atoms with Crippen LogP contribution in [0.2, 0.25) is 0 Å². The molecule has 6 atom stereocenters. The molecule has 0 fully saturated rings. The van der Waals surface area contributed by atoms with Crippen molar-refractivity contribution in [2.24, 2.45) is 29.0 Å². The lowest BCUT2D eigenvalue weighted by atomic mass is 9.97. The molecule has 0 aliphatic heterocycles. The number of alkyl halides is 6. The fourth-order valence-electron chi connectivity index (χ4n) is 4.95. The van der Waals surface area contributed by atoms with Crippen LogP contribution in [0.3, 0.4) is 0 Å². The van der Waals surface area contributed by atoms with Gasteiger partial charge in [0.1, 0.15) is 24.2 Å². The van der Waals surface area contributed by atoms with Crippen molar-refractivity contribution in [3.05, 3.63) is 35.9 Å². The fraction of sp³-hybridized carbons (Fsp3) is 0.632. The van der Waals surface area contributed by atoms with Crippen LogP contribution >= 0.6 is 11.8 Å². The highest BCUT2D eigenvalue weighted by Crippen LogP contribution is 2.14. The van der Waals surface area contributed by atoms with E-state index in [-0.39, 0.29) is 24.7 Å². The van der Waals surface area contributed by atoms with E-state index in [0.29, 0.717) is 38.0 Å². The van der Waals surface area contributed by atoms with Gasteiger partial charge in [0.25, 0.3) is 0 Å². The first-order chi connectivity index (χ1) is 29.1. The van der Waals surface area contributed by atoms with E-state index in [2.05, 4.69) is 26.6 Å². The fourth-order valence-corrected chi connectivity index (χ4v) is 5.42. The van der Waals surface area contributed by atoms with E-state index >= 15 is 0 Å². The van der Waals surface area contributed by atoms with Crippen LogP contribution in [0, 0.1) is 11.8 Å². The van der Waals surface area contributed by atoms with Gasteiger partial charge in [0, 0.05) is 6.42 Å². The highest BCUT2D eigenvalue weighted by molar-refractivity contribution is 7.98. The topological polar surface area (TPSA) is 315 Å². The summed E-state index contributed by atoms with van der Waals surface area (Å²) in [6.07, 6.45) is -5.17. The van der Waals surface area contributed by atoms with Gasteiger partial charge in [0.15, 0.2) is 0 Å². The van der Waals surface area contributed by atoms with Crippen LogP contribution < -0.4 is 43.8 Å². The first kappa shape index (κ1) is 59.9. The third-order valence-corrected chi connectivity index (χ3v) is 9.20. The molecule has 0 aliphatic rings. The highest BCUT2D eigenvalue weighted by Gasteiger charge is 2.39. The molecule has 25 heteroatoms. The van der Waals surface area contributed by atoms with Crippen molar-refractivity contribution in [1.82, 2.24) is 26.6 Å². The van der Waals surface area contributed by atoms with Gasteiger partial charge in [-0.25, -0.2) is 9.59 Å². The summed E-state index contributed by atoms with van der Waals surface area (Å²) in [5.41, 5.74) is 17.9. The average Bonchev–Trinajstić information content (AvgIpc) is 3.19. The Labute approximate surface area is 365 Å². The molecule has 63 heavy (non-hydrogen) atoms. The minimum atomic E-state index is -5.08. The quantitative estimate of drug-likeness (QED) is 0.0518. The Morgan fingerprint density at radius 2 is 1.24 bits per heavy atom. The third-order valence-electron chi connectivity index (χ3n) is 8.55. The molecule has 0 unspecified atom stereocenters. The Morgan fingerprint density at radius 1 is 0.730 bits per heavy atom. The Hall–Kier alpha value is -5.17. The summed E-state index contributed by atoms with van der Waals surface area (Å²) in [5, 5.41) is 27.6. The first-order valence-corrected chi connectivity index (χ1v) is 20.9. The molecule has 0 heterocycles. The van der Waals surface area contributed by atoms with E-state index in [1.54, 1.807) is 6.92 Å². The summed E-state index contributed by atoms with van der Waals surface area (Å²) in [6, 6.07) is 4.42. The number of hydrogen-bond donors (Lipinski definition) is 10. The van der Waals surface area contributed by atoms with Gasteiger partial charge >= 0.3 is 24.3 Å². The summed E-state index contributed by atoms with van der Waals surface area (Å²) in [5.74, 6) is -8.71. The predicted octanol–water partition coefficient (Wildman–Crippen LogP) is 1.34. The van der Waals surface area contributed by atoms with Crippen molar-refractivity contribution in [2.45, 2.75) is 115 Å². The molecule has 0 bridgehead atoms. The van der Waals surface area contributed by atoms with Gasteiger partial charge in [-0.05, 0) is 61.6 Å². The lowest BCUT2D eigenvalue weighted by Crippen LogP contribution is -2.58. The second-order valence-electron chi connectivity index (χ2n) is 14.3. The molecular weight excluding hydrogens is 875 g/mol. The number of hydrogen-bond acceptors (Lipinski definition) is 11. The minimum absolute atomic E-state index is 0.0266. The van der Waals surface area contributed by atoms with E-state index in [9.17, 15) is 55.1 Å². The predicted molar refractivity (Wildman–Crippen MR) is 220 cm³/mol. The number of thioether (sulfide) groups is 1. The molecule has 1 aromatic carbocycles.